The summed E-state index contributed by atoms with van der Waals surface area (Å²) in [5.41, 5.74) is 1.50. The van der Waals surface area contributed by atoms with Crippen LogP contribution in [0.1, 0.15) is 80.6 Å². The van der Waals surface area contributed by atoms with Crippen LogP contribution in [-0.2, 0) is 20.9 Å². The zero-order chi connectivity index (χ0) is 28.2. The van der Waals surface area contributed by atoms with Gasteiger partial charge in [-0.05, 0) is 86.5 Å². The maximum absolute atomic E-state index is 13.1. The quantitative estimate of drug-likeness (QED) is 0.536. The maximum Gasteiger partial charge on any atom is 0.255 e. The number of nitrogens with one attached hydrogen (secondary N) is 1. The highest BCUT2D eigenvalue weighted by Crippen LogP contribution is 2.41. The predicted molar refractivity (Wildman–Crippen MR) is 151 cm³/mol. The third-order valence-electron chi connectivity index (χ3n) is 10.8. The SMILES string of the molecule is CC1CC1C(=O)N1CCC(C2CN([C@@H]3CCCC[C@@H]3Oc3ccc4c(c3)CN(C3CCC(=O)NC3=O)C4=O)C2)CC1. The van der Waals surface area contributed by atoms with Crippen molar-refractivity contribution < 1.29 is 23.9 Å². The molecular formula is C32H42N4O5. The minimum Gasteiger partial charge on any atom is -0.489 e. The minimum absolute atomic E-state index is 0.131. The average Bonchev–Trinajstić information content (AvgIpc) is 3.59. The Morgan fingerprint density at radius 1 is 0.976 bits per heavy atom. The number of hydrogen-bond donors (Lipinski definition) is 1. The number of benzene rings is 1. The minimum atomic E-state index is -0.603. The zero-order valence-electron chi connectivity index (χ0n) is 24.1. The summed E-state index contributed by atoms with van der Waals surface area (Å²) in [6, 6.07) is 5.51. The number of amides is 4. The standard InChI is InChI=1S/C32H42N4O5/c1-19-14-25(19)31(39)34-12-10-20(11-13-34)22-16-35(17-22)26-4-2-3-5-28(26)41-23-6-7-24-21(15-23)18-36(32(24)40)27-8-9-29(37)33-30(27)38/h6-7,15,19-20,22,25-28H,2-5,8-14,16-18H2,1H3,(H,33,37,38)/t19?,25?,26-,27?,28+/m1/s1. The number of piperidine rings is 2. The maximum atomic E-state index is 13.1. The summed E-state index contributed by atoms with van der Waals surface area (Å²) < 4.78 is 6.62. The number of fused-ring (bicyclic) bond motifs is 1. The Balaban J connectivity index is 0.935. The van der Waals surface area contributed by atoms with Crippen molar-refractivity contribution in [2.75, 3.05) is 26.2 Å². The molecule has 1 aromatic rings. The van der Waals surface area contributed by atoms with Crippen LogP contribution >= 0.6 is 0 Å². The van der Waals surface area contributed by atoms with E-state index in [0.717, 1.165) is 87.9 Å². The molecule has 0 aromatic heterocycles. The molecule has 3 unspecified atom stereocenters. The first-order valence-corrected chi connectivity index (χ1v) is 15.8. The van der Waals surface area contributed by atoms with E-state index in [1.165, 1.54) is 6.42 Å². The molecule has 5 fully saturated rings. The van der Waals surface area contributed by atoms with Gasteiger partial charge in [0.25, 0.3) is 5.91 Å². The molecule has 41 heavy (non-hydrogen) atoms. The van der Waals surface area contributed by atoms with E-state index in [2.05, 4.69) is 22.0 Å². The van der Waals surface area contributed by atoms with Crippen LogP contribution in [0, 0.1) is 23.7 Å². The van der Waals surface area contributed by atoms with E-state index in [-0.39, 0.29) is 30.2 Å². The highest BCUT2D eigenvalue weighted by atomic mass is 16.5. The molecule has 9 heteroatoms. The van der Waals surface area contributed by atoms with Crippen molar-refractivity contribution in [3.63, 3.8) is 0 Å². The second-order valence-corrected chi connectivity index (χ2v) is 13.4. The van der Waals surface area contributed by atoms with Gasteiger partial charge < -0.3 is 14.5 Å². The Morgan fingerprint density at radius 3 is 2.46 bits per heavy atom. The van der Waals surface area contributed by atoms with Crippen molar-refractivity contribution in [2.45, 2.75) is 89.4 Å². The van der Waals surface area contributed by atoms with E-state index in [1.807, 2.05) is 18.2 Å². The van der Waals surface area contributed by atoms with Crippen LogP contribution in [0.4, 0.5) is 0 Å². The van der Waals surface area contributed by atoms with Gasteiger partial charge in [-0.2, -0.15) is 0 Å². The van der Waals surface area contributed by atoms with Crippen molar-refractivity contribution in [3.05, 3.63) is 29.3 Å². The van der Waals surface area contributed by atoms with Gasteiger partial charge in [0.15, 0.2) is 0 Å². The number of likely N-dealkylation sites (tertiary alicyclic amines) is 2. The molecule has 3 saturated heterocycles. The highest BCUT2D eigenvalue weighted by Gasteiger charge is 2.45. The zero-order valence-corrected chi connectivity index (χ0v) is 24.1. The van der Waals surface area contributed by atoms with Gasteiger partial charge in [0.05, 0.1) is 0 Å². The third-order valence-corrected chi connectivity index (χ3v) is 10.8. The molecular weight excluding hydrogens is 520 g/mol. The van der Waals surface area contributed by atoms with Gasteiger partial charge in [-0.1, -0.05) is 13.3 Å². The topological polar surface area (TPSA) is 99.3 Å². The van der Waals surface area contributed by atoms with E-state index < -0.39 is 6.04 Å². The molecule has 4 heterocycles. The molecule has 0 spiro atoms. The van der Waals surface area contributed by atoms with Gasteiger partial charge in [0.2, 0.25) is 17.7 Å². The summed E-state index contributed by atoms with van der Waals surface area (Å²) in [6.45, 7) is 6.66. The number of ether oxygens (including phenoxy) is 1. The lowest BCUT2D eigenvalue weighted by atomic mass is 9.77. The molecule has 2 aliphatic carbocycles. The van der Waals surface area contributed by atoms with Gasteiger partial charge in [-0.3, -0.25) is 29.4 Å². The first kappa shape index (κ1) is 26.9. The Bertz CT molecular complexity index is 1240. The lowest BCUT2D eigenvalue weighted by Gasteiger charge is -2.51. The van der Waals surface area contributed by atoms with Crippen LogP contribution in [0.25, 0.3) is 0 Å². The van der Waals surface area contributed by atoms with Gasteiger partial charge >= 0.3 is 0 Å². The number of rotatable bonds is 6. The Morgan fingerprint density at radius 2 is 1.73 bits per heavy atom. The lowest BCUT2D eigenvalue weighted by Crippen LogP contribution is -2.60. The molecule has 4 aliphatic heterocycles. The molecule has 220 valence electrons. The Labute approximate surface area is 241 Å². The average molecular weight is 563 g/mol. The summed E-state index contributed by atoms with van der Waals surface area (Å²) in [6.07, 6.45) is 8.68. The fourth-order valence-corrected chi connectivity index (χ4v) is 8.04. The normalized spacial score (nSPS) is 32.9. The molecule has 1 N–H and O–H groups in total. The van der Waals surface area contributed by atoms with Crippen LogP contribution in [-0.4, -0.2) is 82.7 Å². The second-order valence-electron chi connectivity index (χ2n) is 13.4. The molecule has 9 nitrogen and oxygen atoms in total. The van der Waals surface area contributed by atoms with Gasteiger partial charge in [0.1, 0.15) is 17.9 Å². The summed E-state index contributed by atoms with van der Waals surface area (Å²) >= 11 is 0. The van der Waals surface area contributed by atoms with E-state index in [4.69, 9.17) is 4.74 Å². The van der Waals surface area contributed by atoms with Crippen molar-refractivity contribution in [2.24, 2.45) is 23.7 Å². The van der Waals surface area contributed by atoms with Gasteiger partial charge in [0, 0.05) is 56.7 Å². The molecule has 6 aliphatic rings. The van der Waals surface area contributed by atoms with Crippen LogP contribution in [0.3, 0.4) is 0 Å². The largest absolute Gasteiger partial charge is 0.489 e. The first-order valence-electron chi connectivity index (χ1n) is 15.8. The smallest absolute Gasteiger partial charge is 0.255 e. The van der Waals surface area contributed by atoms with Crippen molar-refractivity contribution in [1.29, 1.82) is 0 Å². The van der Waals surface area contributed by atoms with Crippen LogP contribution in [0.5, 0.6) is 5.75 Å². The molecule has 1 aromatic carbocycles. The van der Waals surface area contributed by atoms with Gasteiger partial charge in [-0.25, -0.2) is 0 Å². The van der Waals surface area contributed by atoms with E-state index in [1.54, 1.807) is 4.90 Å². The first-order chi connectivity index (χ1) is 19.9. The van der Waals surface area contributed by atoms with Crippen LogP contribution in [0.2, 0.25) is 0 Å². The van der Waals surface area contributed by atoms with Crippen molar-refractivity contribution >= 4 is 23.6 Å². The van der Waals surface area contributed by atoms with E-state index in [9.17, 15) is 19.2 Å². The summed E-state index contributed by atoms with van der Waals surface area (Å²) in [4.78, 5) is 56.0. The van der Waals surface area contributed by atoms with E-state index >= 15 is 0 Å². The Hall–Kier alpha value is -2.94. The molecule has 2 saturated carbocycles. The number of nitrogens with zero attached hydrogens (tertiary/aromatic N) is 3. The summed E-state index contributed by atoms with van der Waals surface area (Å²) in [5.74, 6) is 2.69. The third kappa shape index (κ3) is 5.15. The highest BCUT2D eigenvalue weighted by molar-refractivity contribution is 6.05. The second kappa shape index (κ2) is 10.7. The van der Waals surface area contributed by atoms with Crippen LogP contribution in [0.15, 0.2) is 18.2 Å². The molecule has 5 atom stereocenters. The monoisotopic (exact) mass is 562 g/mol. The molecule has 7 rings (SSSR count). The fraction of sp³-hybridized carbons (Fsp3) is 0.688. The fourth-order valence-electron chi connectivity index (χ4n) is 8.04. The number of imide groups is 1. The number of hydrogen-bond acceptors (Lipinski definition) is 6. The van der Waals surface area contributed by atoms with Crippen LogP contribution < -0.4 is 10.1 Å². The number of carbonyl (C=O) groups excluding carboxylic acids is 4. The summed E-state index contributed by atoms with van der Waals surface area (Å²) in [5, 5.41) is 2.37. The molecule has 0 radical (unpaired) electrons. The molecule has 4 amide bonds. The number of carbonyl (C=O) groups is 4. The van der Waals surface area contributed by atoms with Gasteiger partial charge in [-0.15, -0.1) is 0 Å². The molecule has 0 bridgehead atoms. The lowest BCUT2D eigenvalue weighted by molar-refractivity contribution is -0.137. The Kier molecular flexibility index (Phi) is 7.04. The summed E-state index contributed by atoms with van der Waals surface area (Å²) in [7, 11) is 0. The van der Waals surface area contributed by atoms with E-state index in [0.29, 0.717) is 42.3 Å². The van der Waals surface area contributed by atoms with Crippen molar-refractivity contribution in [3.8, 4) is 5.75 Å². The van der Waals surface area contributed by atoms with Crippen molar-refractivity contribution in [1.82, 2.24) is 20.0 Å². The predicted octanol–water partition coefficient (Wildman–Crippen LogP) is 2.96.